The number of sulfonamides is 1. The van der Waals surface area contributed by atoms with Gasteiger partial charge in [0.2, 0.25) is 28.6 Å². The number of carbonyl (C=O) groups is 2. The normalized spacial score (nSPS) is 18.6. The summed E-state index contributed by atoms with van der Waals surface area (Å²) in [7, 11) is -3.90. The van der Waals surface area contributed by atoms with Crippen LogP contribution in [0, 0.1) is 0 Å². The molecule has 1 atom stereocenters. The Morgan fingerprint density at radius 3 is 2.55 bits per heavy atom. The molecule has 2 amide bonds. The fraction of sp³-hybridized carbons (Fsp3) is 0.333. The van der Waals surface area contributed by atoms with Crippen molar-refractivity contribution in [3.63, 3.8) is 0 Å². The third-order valence-corrected chi connectivity index (χ3v) is 7.26. The summed E-state index contributed by atoms with van der Waals surface area (Å²) in [5.41, 5.74) is 0.786. The minimum Gasteiger partial charge on any atom is -0.454 e. The van der Waals surface area contributed by atoms with Gasteiger partial charge in [0.1, 0.15) is 6.04 Å². The Kier molecular flexibility index (Phi) is 5.84. The monoisotopic (exact) mass is 445 g/mol. The quantitative estimate of drug-likeness (QED) is 0.735. The Hall–Kier alpha value is -3.11. The highest BCUT2D eigenvalue weighted by Crippen LogP contribution is 2.32. The minimum atomic E-state index is -3.90. The van der Waals surface area contributed by atoms with Gasteiger partial charge in [0.15, 0.2) is 11.5 Å². The Bertz CT molecular complexity index is 1090. The number of fused-ring (bicyclic) bond motifs is 1. The second kappa shape index (κ2) is 8.56. The van der Waals surface area contributed by atoms with Gasteiger partial charge in [-0.25, -0.2) is 8.42 Å². The summed E-state index contributed by atoms with van der Waals surface area (Å²) in [6.07, 6.45) is 0. The molecule has 2 aromatic rings. The first-order valence-corrected chi connectivity index (χ1v) is 11.3. The lowest BCUT2D eigenvalue weighted by Gasteiger charge is -2.39. The van der Waals surface area contributed by atoms with E-state index in [0.29, 0.717) is 11.5 Å². The molecule has 0 aromatic heterocycles. The third-order valence-electron chi connectivity index (χ3n) is 5.33. The molecule has 10 heteroatoms. The van der Waals surface area contributed by atoms with E-state index >= 15 is 0 Å². The molecular formula is C21H23N3O6S. The molecule has 164 valence electrons. The highest BCUT2D eigenvalue weighted by Gasteiger charge is 2.40. The molecule has 2 aliphatic rings. The molecule has 2 aromatic carbocycles. The van der Waals surface area contributed by atoms with Gasteiger partial charge in [-0.05, 0) is 29.8 Å². The van der Waals surface area contributed by atoms with E-state index in [1.807, 2.05) is 0 Å². The first-order chi connectivity index (χ1) is 14.9. The van der Waals surface area contributed by atoms with Crippen molar-refractivity contribution in [2.24, 2.45) is 0 Å². The number of nitrogens with zero attached hydrogens (tertiary/aromatic N) is 2. The van der Waals surface area contributed by atoms with Crippen LogP contribution < -0.4 is 14.8 Å². The van der Waals surface area contributed by atoms with E-state index in [1.54, 1.807) is 36.4 Å². The lowest BCUT2D eigenvalue weighted by molar-refractivity contribution is -0.134. The molecule has 0 bridgehead atoms. The van der Waals surface area contributed by atoms with Crippen molar-refractivity contribution >= 4 is 21.8 Å². The van der Waals surface area contributed by atoms with E-state index in [0.717, 1.165) is 5.56 Å². The zero-order valence-electron chi connectivity index (χ0n) is 17.0. The SMILES string of the molecule is CC(=O)N1CCN(S(=O)(=O)c2ccccc2)C(C(=O)NCc2ccc3c(c2)OCO3)C1. The zero-order chi connectivity index (χ0) is 22.0. The average molecular weight is 445 g/mol. The smallest absolute Gasteiger partial charge is 0.243 e. The maximum Gasteiger partial charge on any atom is 0.243 e. The van der Waals surface area contributed by atoms with Gasteiger partial charge in [-0.15, -0.1) is 0 Å². The molecular weight excluding hydrogens is 422 g/mol. The Morgan fingerprint density at radius 2 is 1.81 bits per heavy atom. The molecule has 0 radical (unpaired) electrons. The van der Waals surface area contributed by atoms with Crippen LogP contribution in [0.4, 0.5) is 0 Å². The summed E-state index contributed by atoms with van der Waals surface area (Å²) < 4.78 is 38.2. The molecule has 0 spiro atoms. The third kappa shape index (κ3) is 4.35. The number of piperazine rings is 1. The molecule has 1 unspecified atom stereocenters. The van der Waals surface area contributed by atoms with Crippen molar-refractivity contribution in [3.05, 3.63) is 54.1 Å². The lowest BCUT2D eigenvalue weighted by Crippen LogP contribution is -2.61. The number of hydrogen-bond acceptors (Lipinski definition) is 6. The minimum absolute atomic E-state index is 0.00559. The zero-order valence-corrected chi connectivity index (χ0v) is 17.8. The van der Waals surface area contributed by atoms with E-state index in [9.17, 15) is 18.0 Å². The van der Waals surface area contributed by atoms with Gasteiger partial charge in [-0.3, -0.25) is 9.59 Å². The van der Waals surface area contributed by atoms with Crippen LogP contribution in [0.2, 0.25) is 0 Å². The molecule has 0 saturated carbocycles. The van der Waals surface area contributed by atoms with Crippen LogP contribution >= 0.6 is 0 Å². The van der Waals surface area contributed by atoms with Crippen molar-refractivity contribution < 1.29 is 27.5 Å². The molecule has 0 aliphatic carbocycles. The van der Waals surface area contributed by atoms with Crippen molar-refractivity contribution in [2.45, 2.75) is 24.4 Å². The summed E-state index contributed by atoms with van der Waals surface area (Å²) in [6, 6.07) is 12.3. The van der Waals surface area contributed by atoms with Crippen molar-refractivity contribution in [1.82, 2.24) is 14.5 Å². The van der Waals surface area contributed by atoms with E-state index in [1.165, 1.54) is 28.3 Å². The highest BCUT2D eigenvalue weighted by molar-refractivity contribution is 7.89. The molecule has 31 heavy (non-hydrogen) atoms. The number of ether oxygens (including phenoxy) is 2. The summed E-state index contributed by atoms with van der Waals surface area (Å²) >= 11 is 0. The second-order valence-electron chi connectivity index (χ2n) is 7.32. The summed E-state index contributed by atoms with van der Waals surface area (Å²) in [5.74, 6) is 0.563. The first-order valence-electron chi connectivity index (χ1n) is 9.85. The van der Waals surface area contributed by atoms with E-state index in [4.69, 9.17) is 9.47 Å². The second-order valence-corrected chi connectivity index (χ2v) is 9.21. The van der Waals surface area contributed by atoms with Gasteiger partial charge in [-0.2, -0.15) is 4.31 Å². The van der Waals surface area contributed by atoms with Gasteiger partial charge in [-0.1, -0.05) is 24.3 Å². The molecule has 1 N–H and O–H groups in total. The number of nitrogens with one attached hydrogen (secondary N) is 1. The predicted octanol–water partition coefficient (Wildman–Crippen LogP) is 0.953. The van der Waals surface area contributed by atoms with Crippen molar-refractivity contribution in [3.8, 4) is 11.5 Å². The molecule has 2 aliphatic heterocycles. The average Bonchev–Trinajstić information content (AvgIpc) is 3.25. The first kappa shape index (κ1) is 21.1. The molecule has 9 nitrogen and oxygen atoms in total. The van der Waals surface area contributed by atoms with Gasteiger partial charge in [0.05, 0.1) is 4.90 Å². The van der Waals surface area contributed by atoms with Crippen LogP contribution in [-0.2, 0) is 26.2 Å². The molecule has 4 rings (SSSR count). The fourth-order valence-electron chi connectivity index (χ4n) is 3.64. The van der Waals surface area contributed by atoms with Gasteiger partial charge < -0.3 is 19.7 Å². The summed E-state index contributed by atoms with van der Waals surface area (Å²) in [6.45, 7) is 2.01. The van der Waals surface area contributed by atoms with Crippen LogP contribution in [0.3, 0.4) is 0 Å². The lowest BCUT2D eigenvalue weighted by atomic mass is 10.1. The Labute approximate surface area is 180 Å². The van der Waals surface area contributed by atoms with Crippen molar-refractivity contribution in [2.75, 3.05) is 26.4 Å². The predicted molar refractivity (Wildman–Crippen MR) is 111 cm³/mol. The van der Waals surface area contributed by atoms with Crippen LogP contribution in [0.5, 0.6) is 11.5 Å². The number of benzene rings is 2. The maximum atomic E-state index is 13.2. The number of hydrogen-bond donors (Lipinski definition) is 1. The number of carbonyl (C=O) groups excluding carboxylic acids is 2. The Balaban J connectivity index is 1.53. The standard InChI is InChI=1S/C21H23N3O6S/c1-15(25)23-9-10-24(31(27,28)17-5-3-2-4-6-17)18(13-23)21(26)22-12-16-7-8-19-20(11-16)30-14-29-19/h2-8,11,18H,9-10,12-14H2,1H3,(H,22,26). The summed E-state index contributed by atoms with van der Waals surface area (Å²) in [4.78, 5) is 26.5. The van der Waals surface area contributed by atoms with Crippen LogP contribution in [0.25, 0.3) is 0 Å². The molecule has 2 heterocycles. The number of rotatable bonds is 5. The van der Waals surface area contributed by atoms with E-state index in [2.05, 4.69) is 5.32 Å². The van der Waals surface area contributed by atoms with E-state index < -0.39 is 22.0 Å². The van der Waals surface area contributed by atoms with Crippen molar-refractivity contribution in [1.29, 1.82) is 0 Å². The number of amides is 2. The van der Waals surface area contributed by atoms with Crippen LogP contribution in [0.15, 0.2) is 53.4 Å². The highest BCUT2D eigenvalue weighted by atomic mass is 32.2. The van der Waals surface area contributed by atoms with Crippen LogP contribution in [-0.4, -0.2) is 61.9 Å². The van der Waals surface area contributed by atoms with Gasteiger partial charge in [0.25, 0.3) is 0 Å². The maximum absolute atomic E-state index is 13.2. The Morgan fingerprint density at radius 1 is 1.06 bits per heavy atom. The molecule has 1 saturated heterocycles. The fourth-order valence-corrected chi connectivity index (χ4v) is 5.23. The molecule has 1 fully saturated rings. The van der Waals surface area contributed by atoms with Gasteiger partial charge in [0, 0.05) is 33.1 Å². The topological polar surface area (TPSA) is 105 Å². The van der Waals surface area contributed by atoms with Crippen LogP contribution in [0.1, 0.15) is 12.5 Å². The van der Waals surface area contributed by atoms with Gasteiger partial charge >= 0.3 is 0 Å². The van der Waals surface area contributed by atoms with E-state index in [-0.39, 0.29) is 43.8 Å². The summed E-state index contributed by atoms with van der Waals surface area (Å²) in [5, 5.41) is 2.79. The largest absolute Gasteiger partial charge is 0.454 e.